The van der Waals surface area contributed by atoms with E-state index in [9.17, 15) is 0 Å². The lowest BCUT2D eigenvalue weighted by Crippen LogP contribution is -2.19. The van der Waals surface area contributed by atoms with Crippen molar-refractivity contribution >= 4 is 0 Å². The van der Waals surface area contributed by atoms with Crippen molar-refractivity contribution in [1.82, 2.24) is 20.5 Å². The molecule has 2 aromatic rings. The lowest BCUT2D eigenvalue weighted by atomic mass is 10.00. The van der Waals surface area contributed by atoms with Gasteiger partial charge in [-0.1, -0.05) is 23.8 Å². The molecule has 1 unspecified atom stereocenters. The van der Waals surface area contributed by atoms with Gasteiger partial charge in [-0.2, -0.15) is 5.10 Å². The summed E-state index contributed by atoms with van der Waals surface area (Å²) in [5.74, 6) is 0.863. The summed E-state index contributed by atoms with van der Waals surface area (Å²) in [5, 5.41) is 10.1. The molecular formula is C13H18N4. The van der Waals surface area contributed by atoms with Crippen molar-refractivity contribution in [2.75, 3.05) is 0 Å². The first-order chi connectivity index (χ1) is 8.16. The third-order valence-electron chi connectivity index (χ3n) is 2.94. The van der Waals surface area contributed by atoms with Crippen LogP contribution in [0.2, 0.25) is 0 Å². The number of nitrogens with one attached hydrogen (secondary N) is 2. The zero-order valence-electron chi connectivity index (χ0n) is 10.5. The van der Waals surface area contributed by atoms with E-state index in [2.05, 4.69) is 59.5 Å². The highest BCUT2D eigenvalue weighted by atomic mass is 15.2. The maximum absolute atomic E-state index is 4.09. The summed E-state index contributed by atoms with van der Waals surface area (Å²) in [6, 6.07) is 6.84. The van der Waals surface area contributed by atoms with Gasteiger partial charge in [-0.05, 0) is 31.9 Å². The second kappa shape index (κ2) is 5.10. The van der Waals surface area contributed by atoms with Gasteiger partial charge in [0.15, 0.2) is 0 Å². The van der Waals surface area contributed by atoms with Crippen LogP contribution in [0.5, 0.6) is 0 Å². The predicted octanol–water partition coefficient (Wildman–Crippen LogP) is 2.27. The maximum Gasteiger partial charge on any atom is 0.138 e. The van der Waals surface area contributed by atoms with Crippen LogP contribution in [0.15, 0.2) is 24.5 Å². The summed E-state index contributed by atoms with van der Waals surface area (Å²) in [5.41, 5.74) is 3.94. The lowest BCUT2D eigenvalue weighted by Gasteiger charge is -2.16. The fourth-order valence-corrected chi connectivity index (χ4v) is 1.90. The number of H-pyrrole nitrogens is 1. The minimum atomic E-state index is 0.306. The predicted molar refractivity (Wildman–Crippen MR) is 67.6 cm³/mol. The number of hydrogen-bond donors (Lipinski definition) is 2. The zero-order valence-corrected chi connectivity index (χ0v) is 10.5. The summed E-state index contributed by atoms with van der Waals surface area (Å²) in [7, 11) is 0. The molecule has 2 N–H and O–H groups in total. The molecule has 0 bridgehead atoms. The number of hydrogen-bond acceptors (Lipinski definition) is 3. The number of rotatable bonds is 4. The van der Waals surface area contributed by atoms with Gasteiger partial charge >= 0.3 is 0 Å². The molecule has 0 aliphatic rings. The zero-order chi connectivity index (χ0) is 12.3. The number of aromatic amines is 1. The Morgan fingerprint density at radius 1 is 1.35 bits per heavy atom. The van der Waals surface area contributed by atoms with Gasteiger partial charge in [0.05, 0.1) is 6.54 Å². The highest BCUT2D eigenvalue weighted by Crippen LogP contribution is 2.18. The number of nitrogens with zero attached hydrogens (tertiary/aromatic N) is 2. The Labute approximate surface area is 101 Å². The van der Waals surface area contributed by atoms with Gasteiger partial charge in [0.2, 0.25) is 0 Å². The quantitative estimate of drug-likeness (QED) is 0.847. The van der Waals surface area contributed by atoms with Crippen LogP contribution in [-0.4, -0.2) is 15.2 Å². The minimum absolute atomic E-state index is 0.306. The van der Waals surface area contributed by atoms with E-state index in [0.717, 1.165) is 5.82 Å². The smallest absolute Gasteiger partial charge is 0.138 e. The van der Waals surface area contributed by atoms with Crippen molar-refractivity contribution in [3.63, 3.8) is 0 Å². The third-order valence-corrected chi connectivity index (χ3v) is 2.94. The van der Waals surface area contributed by atoms with Crippen molar-refractivity contribution < 1.29 is 0 Å². The highest BCUT2D eigenvalue weighted by Gasteiger charge is 2.08. The van der Waals surface area contributed by atoms with Crippen LogP contribution >= 0.6 is 0 Å². The normalized spacial score (nSPS) is 12.6. The average Bonchev–Trinajstić information content (AvgIpc) is 2.82. The highest BCUT2D eigenvalue weighted by molar-refractivity contribution is 5.32. The van der Waals surface area contributed by atoms with Crippen LogP contribution in [0.4, 0.5) is 0 Å². The molecular weight excluding hydrogens is 212 g/mol. The van der Waals surface area contributed by atoms with Crippen molar-refractivity contribution in [3.8, 4) is 0 Å². The van der Waals surface area contributed by atoms with Gasteiger partial charge in [-0.3, -0.25) is 5.10 Å². The Kier molecular flexibility index (Phi) is 3.54. The molecule has 90 valence electrons. The van der Waals surface area contributed by atoms with E-state index in [-0.39, 0.29) is 0 Å². The molecule has 0 fully saturated rings. The molecule has 4 heteroatoms. The lowest BCUT2D eigenvalue weighted by molar-refractivity contribution is 0.558. The van der Waals surface area contributed by atoms with Crippen molar-refractivity contribution in [1.29, 1.82) is 0 Å². The summed E-state index contributed by atoms with van der Waals surface area (Å²) in [6.07, 6.45) is 1.53. The monoisotopic (exact) mass is 230 g/mol. The summed E-state index contributed by atoms with van der Waals surface area (Å²) in [4.78, 5) is 4.09. The van der Waals surface area contributed by atoms with Crippen LogP contribution in [0, 0.1) is 13.8 Å². The molecule has 1 heterocycles. The minimum Gasteiger partial charge on any atom is -0.303 e. The summed E-state index contributed by atoms with van der Waals surface area (Å²) in [6.45, 7) is 7.13. The van der Waals surface area contributed by atoms with Crippen LogP contribution in [0.3, 0.4) is 0 Å². The van der Waals surface area contributed by atoms with Crippen LogP contribution in [0.1, 0.15) is 35.5 Å². The SMILES string of the molecule is Cc1ccc(C)c(C(C)NCc2ncn[nH]2)c1. The largest absolute Gasteiger partial charge is 0.303 e. The van der Waals surface area contributed by atoms with Crippen molar-refractivity contribution in [2.24, 2.45) is 0 Å². The van der Waals surface area contributed by atoms with Gasteiger partial charge in [-0.15, -0.1) is 0 Å². The molecule has 0 spiro atoms. The Balaban J connectivity index is 2.04. The Morgan fingerprint density at radius 2 is 2.18 bits per heavy atom. The second-order valence-corrected chi connectivity index (χ2v) is 4.39. The Morgan fingerprint density at radius 3 is 2.88 bits per heavy atom. The van der Waals surface area contributed by atoms with Gasteiger partial charge in [0, 0.05) is 6.04 Å². The molecule has 0 radical (unpaired) electrons. The number of benzene rings is 1. The van der Waals surface area contributed by atoms with Crippen molar-refractivity contribution in [3.05, 3.63) is 47.0 Å². The molecule has 0 saturated carbocycles. The Hall–Kier alpha value is -1.68. The fourth-order valence-electron chi connectivity index (χ4n) is 1.90. The molecule has 1 aromatic carbocycles. The van der Waals surface area contributed by atoms with E-state index in [1.807, 2.05) is 0 Å². The van der Waals surface area contributed by atoms with E-state index >= 15 is 0 Å². The average molecular weight is 230 g/mol. The van der Waals surface area contributed by atoms with E-state index in [4.69, 9.17) is 0 Å². The van der Waals surface area contributed by atoms with Gasteiger partial charge in [0.1, 0.15) is 12.2 Å². The molecule has 1 atom stereocenters. The molecule has 2 rings (SSSR count). The summed E-state index contributed by atoms with van der Waals surface area (Å²) < 4.78 is 0. The molecule has 1 aromatic heterocycles. The number of aromatic nitrogens is 3. The standard InChI is InChI=1S/C13H18N4/c1-9-4-5-10(2)12(6-9)11(3)14-7-13-15-8-16-17-13/h4-6,8,11,14H,7H2,1-3H3,(H,15,16,17). The molecule has 0 saturated heterocycles. The first kappa shape index (κ1) is 11.8. The van der Waals surface area contributed by atoms with Gasteiger partial charge in [-0.25, -0.2) is 4.98 Å². The van der Waals surface area contributed by atoms with E-state index in [1.165, 1.54) is 23.0 Å². The second-order valence-electron chi connectivity index (χ2n) is 4.39. The van der Waals surface area contributed by atoms with Gasteiger partial charge in [0.25, 0.3) is 0 Å². The molecule has 17 heavy (non-hydrogen) atoms. The van der Waals surface area contributed by atoms with Gasteiger partial charge < -0.3 is 5.32 Å². The van der Waals surface area contributed by atoms with Crippen LogP contribution in [-0.2, 0) is 6.54 Å². The fraction of sp³-hybridized carbons (Fsp3) is 0.385. The van der Waals surface area contributed by atoms with Crippen LogP contribution in [0.25, 0.3) is 0 Å². The molecule has 4 nitrogen and oxygen atoms in total. The maximum atomic E-state index is 4.09. The van der Waals surface area contributed by atoms with E-state index in [1.54, 1.807) is 0 Å². The molecule has 0 aliphatic heterocycles. The third kappa shape index (κ3) is 2.91. The topological polar surface area (TPSA) is 53.6 Å². The number of aryl methyl sites for hydroxylation is 2. The van der Waals surface area contributed by atoms with E-state index < -0.39 is 0 Å². The Bertz CT molecular complexity index is 476. The summed E-state index contributed by atoms with van der Waals surface area (Å²) >= 11 is 0. The first-order valence-corrected chi connectivity index (χ1v) is 5.81. The molecule has 0 aliphatic carbocycles. The van der Waals surface area contributed by atoms with E-state index in [0.29, 0.717) is 12.6 Å². The van der Waals surface area contributed by atoms with Crippen LogP contribution < -0.4 is 5.32 Å². The molecule has 0 amide bonds. The first-order valence-electron chi connectivity index (χ1n) is 5.81. The van der Waals surface area contributed by atoms with Crippen molar-refractivity contribution in [2.45, 2.75) is 33.4 Å².